The van der Waals surface area contributed by atoms with E-state index >= 15 is 0 Å². The van der Waals surface area contributed by atoms with Crippen molar-refractivity contribution in [2.24, 2.45) is 5.73 Å². The highest BCUT2D eigenvalue weighted by atomic mass is 19.1. The Bertz CT molecular complexity index is 550. The van der Waals surface area contributed by atoms with E-state index in [1.165, 1.54) is 6.07 Å². The molecule has 0 fully saturated rings. The molecular formula is C13H18FN3O. The quantitative estimate of drug-likeness (QED) is 0.875. The first-order valence-electron chi connectivity index (χ1n) is 6.10. The molecule has 0 saturated carbocycles. The number of nitrogens with zero attached hydrogens (tertiary/aromatic N) is 2. The number of para-hydroxylation sites is 1. The molecule has 18 heavy (non-hydrogen) atoms. The van der Waals surface area contributed by atoms with Crippen molar-refractivity contribution >= 4 is 11.0 Å². The van der Waals surface area contributed by atoms with Gasteiger partial charge in [-0.2, -0.15) is 0 Å². The summed E-state index contributed by atoms with van der Waals surface area (Å²) in [7, 11) is 0. The first-order valence-corrected chi connectivity index (χ1v) is 6.10. The lowest BCUT2D eigenvalue weighted by Crippen LogP contribution is -2.14. The fourth-order valence-electron chi connectivity index (χ4n) is 2.17. The fraction of sp³-hybridized carbons (Fsp3) is 0.462. The molecule has 0 aliphatic heterocycles. The number of rotatable bonds is 4. The second kappa shape index (κ2) is 5.04. The topological polar surface area (TPSA) is 64.1 Å². The lowest BCUT2D eigenvalue weighted by atomic mass is 10.2. The highest BCUT2D eigenvalue weighted by Gasteiger charge is 2.20. The minimum atomic E-state index is -0.760. The summed E-state index contributed by atoms with van der Waals surface area (Å²) in [6.45, 7) is 4.32. The molecule has 1 unspecified atom stereocenters. The summed E-state index contributed by atoms with van der Waals surface area (Å²) in [5.74, 6) is 0.114. The highest BCUT2D eigenvalue weighted by molar-refractivity contribution is 5.77. The standard InChI is InChI=1S/C13H18FN3O/c1-8(2)17-10-5-3-4-9(14)12(10)16-13(17)11(18)6-7-15/h3-5,8,11,18H,6-7,15H2,1-2H3. The molecule has 1 atom stereocenters. The lowest BCUT2D eigenvalue weighted by Gasteiger charge is -2.16. The van der Waals surface area contributed by atoms with Crippen molar-refractivity contribution in [3.05, 3.63) is 29.8 Å². The molecule has 2 aromatic rings. The van der Waals surface area contributed by atoms with E-state index in [2.05, 4.69) is 4.98 Å². The molecule has 1 aromatic carbocycles. The van der Waals surface area contributed by atoms with Gasteiger partial charge >= 0.3 is 0 Å². The van der Waals surface area contributed by atoms with Crippen molar-refractivity contribution in [3.8, 4) is 0 Å². The molecule has 2 rings (SSSR count). The van der Waals surface area contributed by atoms with E-state index in [0.717, 1.165) is 0 Å². The molecule has 0 bridgehead atoms. The van der Waals surface area contributed by atoms with Crippen LogP contribution in [0.2, 0.25) is 0 Å². The van der Waals surface area contributed by atoms with Gasteiger partial charge in [-0.1, -0.05) is 6.07 Å². The maximum atomic E-state index is 13.7. The number of nitrogens with two attached hydrogens (primary N) is 1. The maximum Gasteiger partial charge on any atom is 0.151 e. The van der Waals surface area contributed by atoms with Gasteiger partial charge < -0.3 is 15.4 Å². The van der Waals surface area contributed by atoms with Gasteiger partial charge in [0.25, 0.3) is 0 Å². The van der Waals surface area contributed by atoms with E-state index < -0.39 is 6.10 Å². The Morgan fingerprint density at radius 2 is 2.17 bits per heavy atom. The largest absolute Gasteiger partial charge is 0.385 e. The third-order valence-corrected chi connectivity index (χ3v) is 2.95. The van der Waals surface area contributed by atoms with Crippen molar-refractivity contribution in [2.75, 3.05) is 6.54 Å². The minimum absolute atomic E-state index is 0.0965. The first kappa shape index (κ1) is 13.0. The SMILES string of the molecule is CC(C)n1c(C(O)CCN)nc2c(F)cccc21. The average molecular weight is 251 g/mol. The molecule has 3 N–H and O–H groups in total. The van der Waals surface area contributed by atoms with E-state index in [0.29, 0.717) is 29.8 Å². The predicted octanol–water partition coefficient (Wildman–Crippen LogP) is 2.14. The van der Waals surface area contributed by atoms with Crippen LogP contribution in [0, 0.1) is 5.82 Å². The summed E-state index contributed by atoms with van der Waals surface area (Å²) >= 11 is 0. The lowest BCUT2D eigenvalue weighted by molar-refractivity contribution is 0.155. The van der Waals surface area contributed by atoms with Crippen LogP contribution in [-0.4, -0.2) is 21.2 Å². The number of aromatic nitrogens is 2. The Kier molecular flexibility index (Phi) is 3.63. The van der Waals surface area contributed by atoms with Crippen LogP contribution < -0.4 is 5.73 Å². The number of hydrogen-bond donors (Lipinski definition) is 2. The van der Waals surface area contributed by atoms with Gasteiger partial charge in [-0.15, -0.1) is 0 Å². The third-order valence-electron chi connectivity index (χ3n) is 2.95. The fourth-order valence-corrected chi connectivity index (χ4v) is 2.17. The summed E-state index contributed by atoms with van der Waals surface area (Å²) in [5.41, 5.74) is 6.45. The number of hydrogen-bond acceptors (Lipinski definition) is 3. The number of halogens is 1. The zero-order valence-electron chi connectivity index (χ0n) is 10.6. The summed E-state index contributed by atoms with van der Waals surface area (Å²) in [6.07, 6.45) is -0.346. The Labute approximate surface area is 105 Å². The van der Waals surface area contributed by atoms with Gasteiger partial charge in [0.05, 0.1) is 5.52 Å². The number of aliphatic hydroxyl groups excluding tert-OH is 1. The molecular weight excluding hydrogens is 233 g/mol. The van der Waals surface area contributed by atoms with Gasteiger partial charge in [0, 0.05) is 6.04 Å². The predicted molar refractivity (Wildman–Crippen MR) is 68.7 cm³/mol. The molecule has 5 heteroatoms. The number of aliphatic hydroxyl groups is 1. The maximum absolute atomic E-state index is 13.7. The van der Waals surface area contributed by atoms with E-state index in [1.807, 2.05) is 24.5 Å². The van der Waals surface area contributed by atoms with Gasteiger partial charge in [0.1, 0.15) is 17.4 Å². The average Bonchev–Trinajstić information content (AvgIpc) is 2.70. The van der Waals surface area contributed by atoms with Crippen LogP contribution in [0.5, 0.6) is 0 Å². The third kappa shape index (κ3) is 2.11. The molecule has 0 saturated heterocycles. The van der Waals surface area contributed by atoms with Crippen LogP contribution in [0.15, 0.2) is 18.2 Å². The van der Waals surface area contributed by atoms with Crippen LogP contribution in [-0.2, 0) is 0 Å². The van der Waals surface area contributed by atoms with Crippen LogP contribution in [0.3, 0.4) is 0 Å². The summed E-state index contributed by atoms with van der Waals surface area (Å²) in [4.78, 5) is 4.23. The van der Waals surface area contributed by atoms with Crippen molar-refractivity contribution in [3.63, 3.8) is 0 Å². The minimum Gasteiger partial charge on any atom is -0.385 e. The molecule has 0 aliphatic carbocycles. The van der Waals surface area contributed by atoms with E-state index in [4.69, 9.17) is 5.73 Å². The van der Waals surface area contributed by atoms with Crippen molar-refractivity contribution in [1.29, 1.82) is 0 Å². The van der Waals surface area contributed by atoms with Crippen LogP contribution >= 0.6 is 0 Å². The molecule has 1 heterocycles. The number of fused-ring (bicyclic) bond motifs is 1. The van der Waals surface area contributed by atoms with Crippen molar-refractivity contribution < 1.29 is 9.50 Å². The molecule has 98 valence electrons. The molecule has 1 aromatic heterocycles. The van der Waals surface area contributed by atoms with Crippen LogP contribution in [0.25, 0.3) is 11.0 Å². The zero-order valence-corrected chi connectivity index (χ0v) is 10.6. The van der Waals surface area contributed by atoms with E-state index in [-0.39, 0.29) is 11.9 Å². The zero-order chi connectivity index (χ0) is 13.3. The Morgan fingerprint density at radius 3 is 2.78 bits per heavy atom. The van der Waals surface area contributed by atoms with Gasteiger partial charge in [-0.3, -0.25) is 0 Å². The summed E-state index contributed by atoms with van der Waals surface area (Å²) in [6, 6.07) is 4.93. The van der Waals surface area contributed by atoms with Crippen LogP contribution in [0.1, 0.15) is 38.2 Å². The molecule has 0 amide bonds. The highest BCUT2D eigenvalue weighted by Crippen LogP contribution is 2.27. The van der Waals surface area contributed by atoms with Gasteiger partial charge in [0.2, 0.25) is 0 Å². The normalized spacial score (nSPS) is 13.4. The monoisotopic (exact) mass is 251 g/mol. The van der Waals surface area contributed by atoms with Gasteiger partial charge in [-0.25, -0.2) is 9.37 Å². The summed E-state index contributed by atoms with van der Waals surface area (Å²) < 4.78 is 15.6. The van der Waals surface area contributed by atoms with E-state index in [9.17, 15) is 9.50 Å². The Morgan fingerprint density at radius 1 is 1.44 bits per heavy atom. The first-order chi connectivity index (χ1) is 8.56. The number of benzene rings is 1. The van der Waals surface area contributed by atoms with Crippen molar-refractivity contribution in [2.45, 2.75) is 32.4 Å². The second-order valence-electron chi connectivity index (χ2n) is 4.63. The summed E-state index contributed by atoms with van der Waals surface area (Å²) in [5, 5.41) is 10.1. The Balaban J connectivity index is 2.65. The van der Waals surface area contributed by atoms with Crippen molar-refractivity contribution in [1.82, 2.24) is 9.55 Å². The second-order valence-corrected chi connectivity index (χ2v) is 4.63. The van der Waals surface area contributed by atoms with Gasteiger partial charge in [-0.05, 0) is 38.9 Å². The molecule has 0 spiro atoms. The number of imidazole rings is 1. The molecule has 0 aliphatic rings. The Hall–Kier alpha value is -1.46. The van der Waals surface area contributed by atoms with Crippen LogP contribution in [0.4, 0.5) is 4.39 Å². The molecule has 4 nitrogen and oxygen atoms in total. The van der Waals surface area contributed by atoms with Gasteiger partial charge in [0.15, 0.2) is 5.82 Å². The molecule has 0 radical (unpaired) electrons. The smallest absolute Gasteiger partial charge is 0.151 e. The van der Waals surface area contributed by atoms with E-state index in [1.54, 1.807) is 6.07 Å².